The molecule has 6 nitrogen and oxygen atoms in total. The highest BCUT2D eigenvalue weighted by Crippen LogP contribution is 2.24. The molecule has 1 aromatic rings. The van der Waals surface area contributed by atoms with Crippen LogP contribution in [0.1, 0.15) is 31.2 Å². The van der Waals surface area contributed by atoms with E-state index in [4.69, 9.17) is 4.52 Å². The fourth-order valence-electron chi connectivity index (χ4n) is 1.43. The topological polar surface area (TPSA) is 89.4 Å². The Balaban J connectivity index is 2.81. The van der Waals surface area contributed by atoms with Crippen LogP contribution in [0.4, 0.5) is 5.69 Å². The van der Waals surface area contributed by atoms with Gasteiger partial charge >= 0.3 is 5.69 Å². The van der Waals surface area contributed by atoms with Gasteiger partial charge in [0, 0.05) is 6.42 Å². The number of aliphatic hydroxyl groups is 1. The summed E-state index contributed by atoms with van der Waals surface area (Å²) < 4.78 is 4.82. The van der Waals surface area contributed by atoms with E-state index in [1.165, 1.54) is 6.92 Å². The van der Waals surface area contributed by atoms with Gasteiger partial charge < -0.3 is 9.63 Å². The number of hydrogen-bond donors (Lipinski definition) is 1. The minimum Gasteiger partial charge on any atom is -0.393 e. The van der Waals surface area contributed by atoms with Crippen molar-refractivity contribution < 1.29 is 14.6 Å². The summed E-state index contributed by atoms with van der Waals surface area (Å²) >= 11 is 0. The molecule has 84 valence electrons. The molecule has 1 aromatic heterocycles. The fourth-order valence-corrected chi connectivity index (χ4v) is 1.43. The number of nitro groups is 1. The molecule has 0 aliphatic rings. The summed E-state index contributed by atoms with van der Waals surface area (Å²) in [6.45, 7) is 3.45. The average molecular weight is 214 g/mol. The minimum atomic E-state index is -0.610. The van der Waals surface area contributed by atoms with E-state index in [0.717, 1.165) is 6.42 Å². The molecule has 1 rings (SSSR count). The average Bonchev–Trinajstić information content (AvgIpc) is 2.47. The van der Waals surface area contributed by atoms with E-state index >= 15 is 0 Å². The number of aromatic nitrogens is 1. The monoisotopic (exact) mass is 214 g/mol. The molecule has 0 spiro atoms. The maximum Gasteiger partial charge on any atom is 0.334 e. The predicted molar refractivity (Wildman–Crippen MR) is 52.5 cm³/mol. The lowest BCUT2D eigenvalue weighted by Gasteiger charge is -2.04. The van der Waals surface area contributed by atoms with Crippen LogP contribution in [0.25, 0.3) is 0 Å². The number of hydrogen-bond acceptors (Lipinski definition) is 5. The summed E-state index contributed by atoms with van der Waals surface area (Å²) in [4.78, 5) is 10.1. The molecular weight excluding hydrogens is 200 g/mol. The third kappa shape index (κ3) is 2.76. The summed E-state index contributed by atoms with van der Waals surface area (Å²) in [6, 6.07) is 0. The summed E-state index contributed by atoms with van der Waals surface area (Å²) in [7, 11) is 0. The Labute approximate surface area is 87.0 Å². The Morgan fingerprint density at radius 1 is 1.67 bits per heavy atom. The second-order valence-corrected chi connectivity index (χ2v) is 3.44. The first kappa shape index (κ1) is 11.6. The molecule has 0 unspecified atom stereocenters. The van der Waals surface area contributed by atoms with Crippen molar-refractivity contribution in [2.24, 2.45) is 0 Å². The number of aliphatic hydroxyl groups excluding tert-OH is 1. The van der Waals surface area contributed by atoms with Crippen LogP contribution in [0.15, 0.2) is 4.52 Å². The zero-order valence-corrected chi connectivity index (χ0v) is 8.77. The maximum atomic E-state index is 10.7. The number of aryl methyl sites for hydroxylation is 1. The molecule has 0 aliphatic heterocycles. The highest BCUT2D eigenvalue weighted by atomic mass is 16.6. The van der Waals surface area contributed by atoms with Crippen molar-refractivity contribution in [2.75, 3.05) is 0 Å². The fraction of sp³-hybridized carbons (Fsp3) is 0.667. The molecule has 0 saturated heterocycles. The molecular formula is C9H14N2O4. The first-order valence-corrected chi connectivity index (χ1v) is 4.83. The van der Waals surface area contributed by atoms with Gasteiger partial charge in [0.15, 0.2) is 5.69 Å². The van der Waals surface area contributed by atoms with Gasteiger partial charge in [0.05, 0.1) is 11.0 Å². The molecule has 0 radical (unpaired) electrons. The van der Waals surface area contributed by atoms with Gasteiger partial charge in [-0.3, -0.25) is 10.1 Å². The Morgan fingerprint density at radius 3 is 2.87 bits per heavy atom. The molecule has 0 bridgehead atoms. The van der Waals surface area contributed by atoms with Crippen LogP contribution >= 0.6 is 0 Å². The van der Waals surface area contributed by atoms with Crippen molar-refractivity contribution in [3.05, 3.63) is 21.6 Å². The summed E-state index contributed by atoms with van der Waals surface area (Å²) in [5, 5.41) is 23.7. The lowest BCUT2D eigenvalue weighted by atomic mass is 10.1. The lowest BCUT2D eigenvalue weighted by Crippen LogP contribution is -2.10. The van der Waals surface area contributed by atoms with Crippen LogP contribution in [0, 0.1) is 17.0 Å². The van der Waals surface area contributed by atoms with Crippen LogP contribution in [-0.2, 0) is 6.42 Å². The van der Waals surface area contributed by atoms with Crippen molar-refractivity contribution in [3.63, 3.8) is 0 Å². The SMILES string of the molecule is CCC[C@H](O)Cc1onc(C)c1[N+](=O)[O-]. The molecule has 0 aromatic carbocycles. The Kier molecular flexibility index (Phi) is 3.79. The zero-order chi connectivity index (χ0) is 11.4. The molecule has 6 heteroatoms. The van der Waals surface area contributed by atoms with Gasteiger partial charge in [0.25, 0.3) is 0 Å². The first-order chi connectivity index (χ1) is 7.06. The third-order valence-corrected chi connectivity index (χ3v) is 2.13. The Morgan fingerprint density at radius 2 is 2.33 bits per heavy atom. The van der Waals surface area contributed by atoms with E-state index in [9.17, 15) is 15.2 Å². The van der Waals surface area contributed by atoms with Gasteiger partial charge in [-0.25, -0.2) is 0 Å². The van der Waals surface area contributed by atoms with Crippen molar-refractivity contribution in [1.29, 1.82) is 0 Å². The standard InChI is InChI=1S/C9H14N2O4/c1-3-4-7(12)5-8-9(11(13)14)6(2)10-15-8/h7,12H,3-5H2,1-2H3/t7-/m0/s1. The van der Waals surface area contributed by atoms with Gasteiger partial charge in [-0.2, -0.15) is 0 Å². The van der Waals surface area contributed by atoms with E-state index in [1.54, 1.807) is 0 Å². The van der Waals surface area contributed by atoms with E-state index in [2.05, 4.69) is 5.16 Å². The Bertz CT molecular complexity index is 348. The molecule has 1 N–H and O–H groups in total. The quantitative estimate of drug-likeness (QED) is 0.593. The van der Waals surface area contributed by atoms with Crippen molar-refractivity contribution in [3.8, 4) is 0 Å². The van der Waals surface area contributed by atoms with Crippen molar-refractivity contribution in [1.82, 2.24) is 5.16 Å². The highest BCUT2D eigenvalue weighted by molar-refractivity contribution is 5.37. The van der Waals surface area contributed by atoms with Crippen LogP contribution in [0.2, 0.25) is 0 Å². The predicted octanol–water partition coefficient (Wildman–Crippen LogP) is 1.59. The van der Waals surface area contributed by atoms with Crippen LogP contribution in [0.3, 0.4) is 0 Å². The van der Waals surface area contributed by atoms with Gasteiger partial charge in [0.2, 0.25) is 5.76 Å². The van der Waals surface area contributed by atoms with Crippen LogP contribution < -0.4 is 0 Å². The van der Waals surface area contributed by atoms with Gasteiger partial charge in [-0.05, 0) is 13.3 Å². The minimum absolute atomic E-state index is 0.120. The van der Waals surface area contributed by atoms with Crippen LogP contribution in [0.5, 0.6) is 0 Å². The summed E-state index contributed by atoms with van der Waals surface area (Å²) in [6.07, 6.45) is 0.949. The maximum absolute atomic E-state index is 10.7. The molecule has 0 saturated carbocycles. The number of rotatable bonds is 5. The zero-order valence-electron chi connectivity index (χ0n) is 8.77. The molecule has 0 fully saturated rings. The molecule has 1 atom stereocenters. The second kappa shape index (κ2) is 4.88. The second-order valence-electron chi connectivity index (χ2n) is 3.44. The largest absolute Gasteiger partial charge is 0.393 e. The van der Waals surface area contributed by atoms with E-state index < -0.39 is 11.0 Å². The third-order valence-electron chi connectivity index (χ3n) is 2.13. The molecule has 0 amide bonds. The van der Waals surface area contributed by atoms with Crippen LogP contribution in [-0.4, -0.2) is 21.3 Å². The van der Waals surface area contributed by atoms with E-state index in [1.807, 2.05) is 6.92 Å². The summed E-state index contributed by atoms with van der Waals surface area (Å²) in [5.41, 5.74) is 0.129. The molecule has 0 aliphatic carbocycles. The normalized spacial score (nSPS) is 12.7. The lowest BCUT2D eigenvalue weighted by molar-refractivity contribution is -0.386. The molecule has 15 heavy (non-hydrogen) atoms. The first-order valence-electron chi connectivity index (χ1n) is 4.83. The summed E-state index contributed by atoms with van der Waals surface area (Å²) in [5.74, 6) is 0.151. The van der Waals surface area contributed by atoms with Gasteiger partial charge in [0.1, 0.15) is 0 Å². The Hall–Kier alpha value is -1.43. The number of nitrogens with zero attached hydrogens (tertiary/aromatic N) is 2. The van der Waals surface area contributed by atoms with Gasteiger partial charge in [-0.1, -0.05) is 18.5 Å². The van der Waals surface area contributed by atoms with Crippen molar-refractivity contribution in [2.45, 2.75) is 39.2 Å². The van der Waals surface area contributed by atoms with E-state index in [-0.39, 0.29) is 23.6 Å². The van der Waals surface area contributed by atoms with Gasteiger partial charge in [-0.15, -0.1) is 0 Å². The van der Waals surface area contributed by atoms with Crippen molar-refractivity contribution >= 4 is 5.69 Å². The molecule has 1 heterocycles. The highest BCUT2D eigenvalue weighted by Gasteiger charge is 2.25. The van der Waals surface area contributed by atoms with E-state index in [0.29, 0.717) is 6.42 Å². The smallest absolute Gasteiger partial charge is 0.334 e.